The number of primary amides is 1. The fraction of sp³-hybridized carbons (Fsp3) is 0.414. The molecule has 0 bridgehead atoms. The second kappa shape index (κ2) is 9.69. The minimum atomic E-state index is -2.66. The largest absolute Gasteiger partial charge is 0.507 e. The Kier molecular flexibility index (Phi) is 6.64. The van der Waals surface area contributed by atoms with Crippen molar-refractivity contribution in [3.8, 4) is 5.75 Å². The van der Waals surface area contributed by atoms with Crippen LogP contribution in [-0.2, 0) is 38.7 Å². The number of phenolic OH excluding ortho intramolecular Hbond substituents is 1. The van der Waals surface area contributed by atoms with Crippen LogP contribution >= 0.6 is 0 Å². The molecule has 204 valence electrons. The molecular formula is C29H31N3O7. The van der Waals surface area contributed by atoms with Crippen LogP contribution in [0, 0.1) is 30.6 Å². The number of anilines is 1. The first-order chi connectivity index (χ1) is 18.5. The summed E-state index contributed by atoms with van der Waals surface area (Å²) < 4.78 is 0. The number of aliphatic hydroxyl groups is 1. The Morgan fingerprint density at radius 2 is 1.77 bits per heavy atom. The Labute approximate surface area is 225 Å². The molecule has 2 fully saturated rings. The number of carbonyl (C=O) groups excluding carboxylic acids is 5. The Bertz CT molecular complexity index is 1420. The van der Waals surface area contributed by atoms with Crippen molar-refractivity contribution in [2.75, 3.05) is 12.4 Å². The molecule has 0 spiro atoms. The molecule has 2 aromatic carbocycles. The van der Waals surface area contributed by atoms with Gasteiger partial charge in [-0.15, -0.1) is 0 Å². The van der Waals surface area contributed by atoms with Crippen molar-refractivity contribution < 1.29 is 34.2 Å². The van der Waals surface area contributed by atoms with Gasteiger partial charge in [0.2, 0.25) is 5.91 Å². The number of hydrogen-bond acceptors (Lipinski definition) is 9. The second-order valence-corrected chi connectivity index (χ2v) is 10.9. The fourth-order valence-electron chi connectivity index (χ4n) is 6.50. The normalized spacial score (nSPS) is 28.0. The van der Waals surface area contributed by atoms with Crippen LogP contribution in [0.15, 0.2) is 30.3 Å². The smallest absolute Gasteiger partial charge is 0.235 e. The number of Topliss-reactive ketones (excluding diaryl/α,β-unsaturated/α-hetero) is 4. The van der Waals surface area contributed by atoms with Crippen LogP contribution in [0.3, 0.4) is 0 Å². The van der Waals surface area contributed by atoms with Gasteiger partial charge in [0.1, 0.15) is 5.75 Å². The van der Waals surface area contributed by atoms with E-state index in [4.69, 9.17) is 5.73 Å². The highest BCUT2D eigenvalue weighted by Crippen LogP contribution is 2.51. The van der Waals surface area contributed by atoms with Gasteiger partial charge in [0.05, 0.1) is 11.5 Å². The number of aryl methyl sites for hydroxylation is 1. The van der Waals surface area contributed by atoms with E-state index in [0.29, 0.717) is 23.4 Å². The molecule has 10 nitrogen and oxygen atoms in total. The van der Waals surface area contributed by atoms with Gasteiger partial charge >= 0.3 is 0 Å². The van der Waals surface area contributed by atoms with E-state index in [0.717, 1.165) is 11.1 Å². The monoisotopic (exact) mass is 533 g/mol. The number of phenols is 1. The average molecular weight is 534 g/mol. The third-order valence-electron chi connectivity index (χ3n) is 8.52. The maximum absolute atomic E-state index is 13.8. The summed E-state index contributed by atoms with van der Waals surface area (Å²) in [6.45, 7) is 2.77. The first-order valence-corrected chi connectivity index (χ1v) is 13.0. The Hall–Kier alpha value is -3.89. The van der Waals surface area contributed by atoms with Crippen LogP contribution in [0.1, 0.15) is 45.5 Å². The first-order valence-electron chi connectivity index (χ1n) is 13.0. The van der Waals surface area contributed by atoms with Crippen molar-refractivity contribution >= 4 is 34.7 Å². The lowest BCUT2D eigenvalue weighted by molar-refractivity contribution is -0.175. The molecule has 0 aliphatic heterocycles. The molecule has 2 aromatic rings. The van der Waals surface area contributed by atoms with Gasteiger partial charge in [-0.1, -0.05) is 29.8 Å². The number of nitrogens with one attached hydrogen (secondary N) is 2. The van der Waals surface area contributed by atoms with E-state index in [2.05, 4.69) is 10.6 Å². The van der Waals surface area contributed by atoms with Crippen LogP contribution in [0.25, 0.3) is 0 Å². The molecule has 1 amide bonds. The number of amides is 1. The Morgan fingerprint density at radius 1 is 1.08 bits per heavy atom. The van der Waals surface area contributed by atoms with Gasteiger partial charge in [0.15, 0.2) is 34.7 Å². The standard InChI is InChI=1S/C29H31N3O7/c1-13-3-5-14(6-4-13)11-32-12-16-9-19(31-2)18-8-15-7-17-10-20(33)23(28(30)38)27(37)29(17,39)26(36)21(15)25(35)22(18)24(16)34/h3-6,9,15,17,21,23,31-32,34,39H,7-8,10-12H2,1-2H3,(H2,30,38)/t15-,17+,21?,23?,29+/m1/s1. The summed E-state index contributed by atoms with van der Waals surface area (Å²) >= 11 is 0. The number of fused-ring (bicyclic) bond motifs is 3. The lowest BCUT2D eigenvalue weighted by Gasteiger charge is -2.48. The summed E-state index contributed by atoms with van der Waals surface area (Å²) in [5, 5.41) is 28.9. The summed E-state index contributed by atoms with van der Waals surface area (Å²) in [7, 11) is 1.69. The first kappa shape index (κ1) is 26.7. The number of hydrogen-bond donors (Lipinski definition) is 5. The van der Waals surface area contributed by atoms with Crippen molar-refractivity contribution in [1.29, 1.82) is 0 Å². The molecule has 0 heterocycles. The second-order valence-electron chi connectivity index (χ2n) is 10.9. The Balaban J connectivity index is 1.47. The van der Waals surface area contributed by atoms with Gasteiger partial charge in [-0.3, -0.25) is 24.0 Å². The summed E-state index contributed by atoms with van der Waals surface area (Å²) in [6.07, 6.45) is -0.0705. The van der Waals surface area contributed by atoms with Gasteiger partial charge in [0.25, 0.3) is 0 Å². The fourth-order valence-corrected chi connectivity index (χ4v) is 6.50. The molecule has 5 atom stereocenters. The molecule has 3 aliphatic carbocycles. The number of ketones is 4. The maximum Gasteiger partial charge on any atom is 0.235 e. The predicted molar refractivity (Wildman–Crippen MR) is 140 cm³/mol. The van der Waals surface area contributed by atoms with Gasteiger partial charge < -0.3 is 26.6 Å². The lowest BCUT2D eigenvalue weighted by Crippen LogP contribution is -2.68. The number of carbonyl (C=O) groups is 5. The van der Waals surface area contributed by atoms with Crippen LogP contribution in [0.4, 0.5) is 5.69 Å². The van der Waals surface area contributed by atoms with Crippen LogP contribution in [-0.4, -0.2) is 51.9 Å². The van der Waals surface area contributed by atoms with E-state index in [1.165, 1.54) is 0 Å². The van der Waals surface area contributed by atoms with E-state index in [1.54, 1.807) is 13.1 Å². The van der Waals surface area contributed by atoms with E-state index in [-0.39, 0.29) is 37.1 Å². The van der Waals surface area contributed by atoms with Crippen LogP contribution in [0.2, 0.25) is 0 Å². The zero-order chi connectivity index (χ0) is 28.2. The summed E-state index contributed by atoms with van der Waals surface area (Å²) in [5.74, 6) is -10.1. The van der Waals surface area contributed by atoms with Crippen molar-refractivity contribution in [3.63, 3.8) is 0 Å². The molecule has 10 heteroatoms. The van der Waals surface area contributed by atoms with Gasteiger partial charge in [-0.25, -0.2) is 0 Å². The number of aromatic hydroxyl groups is 1. The number of rotatable bonds is 6. The topological polar surface area (TPSA) is 176 Å². The third kappa shape index (κ3) is 4.15. The van der Waals surface area contributed by atoms with Crippen LogP contribution < -0.4 is 16.4 Å². The highest BCUT2D eigenvalue weighted by atomic mass is 16.3. The molecule has 2 unspecified atom stereocenters. The maximum atomic E-state index is 13.8. The zero-order valence-corrected chi connectivity index (χ0v) is 21.7. The molecule has 0 radical (unpaired) electrons. The van der Waals surface area contributed by atoms with E-state index >= 15 is 0 Å². The SMILES string of the molecule is CNc1cc(CNCc2ccc(C)cc2)c(O)c2c1C[C@H]1C[C@H]3CC(=O)C(C(N)=O)C(=O)[C@@]3(O)C(=O)C1C2=O. The highest BCUT2D eigenvalue weighted by molar-refractivity contribution is 6.31. The minimum Gasteiger partial charge on any atom is -0.507 e. The van der Waals surface area contributed by atoms with E-state index in [1.807, 2.05) is 31.2 Å². The van der Waals surface area contributed by atoms with Crippen molar-refractivity contribution in [3.05, 3.63) is 58.1 Å². The zero-order valence-electron chi connectivity index (χ0n) is 21.7. The van der Waals surface area contributed by atoms with Crippen molar-refractivity contribution in [2.24, 2.45) is 29.4 Å². The molecular weight excluding hydrogens is 502 g/mol. The minimum absolute atomic E-state index is 0.0172. The van der Waals surface area contributed by atoms with Gasteiger partial charge in [-0.2, -0.15) is 0 Å². The van der Waals surface area contributed by atoms with E-state index < -0.39 is 58.3 Å². The van der Waals surface area contributed by atoms with Crippen molar-refractivity contribution in [2.45, 2.75) is 44.9 Å². The molecule has 0 saturated heterocycles. The average Bonchev–Trinajstić information content (AvgIpc) is 2.88. The number of nitrogens with two attached hydrogens (primary N) is 1. The summed E-state index contributed by atoms with van der Waals surface area (Å²) in [4.78, 5) is 64.8. The van der Waals surface area contributed by atoms with Crippen LogP contribution in [0.5, 0.6) is 5.75 Å². The molecule has 39 heavy (non-hydrogen) atoms. The molecule has 0 aromatic heterocycles. The van der Waals surface area contributed by atoms with Gasteiger partial charge in [-0.05, 0) is 42.9 Å². The Morgan fingerprint density at radius 3 is 2.41 bits per heavy atom. The summed E-state index contributed by atoms with van der Waals surface area (Å²) in [5.41, 5.74) is 6.37. The molecule has 2 saturated carbocycles. The van der Waals surface area contributed by atoms with Crippen molar-refractivity contribution in [1.82, 2.24) is 5.32 Å². The van der Waals surface area contributed by atoms with Gasteiger partial charge in [0, 0.05) is 43.7 Å². The molecule has 5 rings (SSSR count). The summed E-state index contributed by atoms with van der Waals surface area (Å²) in [6, 6.07) is 9.75. The quantitative estimate of drug-likeness (QED) is 0.267. The number of benzene rings is 2. The highest BCUT2D eigenvalue weighted by Gasteiger charge is 2.66. The van der Waals surface area contributed by atoms with E-state index in [9.17, 15) is 34.2 Å². The molecule has 6 N–H and O–H groups in total. The third-order valence-corrected chi connectivity index (χ3v) is 8.52. The predicted octanol–water partition coefficient (Wildman–Crippen LogP) is 0.967. The lowest BCUT2D eigenvalue weighted by atomic mass is 9.53. The molecule has 3 aliphatic rings.